The molecule has 0 bridgehead atoms. The summed E-state index contributed by atoms with van der Waals surface area (Å²) in [7, 11) is 0. The summed E-state index contributed by atoms with van der Waals surface area (Å²) in [6.07, 6.45) is 1.50. The van der Waals surface area contributed by atoms with Crippen LogP contribution in [-0.4, -0.2) is 15.7 Å². The fourth-order valence-electron chi connectivity index (χ4n) is 1.91. The van der Waals surface area contributed by atoms with Crippen molar-refractivity contribution in [2.75, 3.05) is 5.75 Å². The molecule has 0 saturated heterocycles. The number of nitrogens with zero attached hydrogens (tertiary/aromatic N) is 1. The molecule has 100 valence electrons. The average Bonchev–Trinajstić information content (AvgIpc) is 2.35. The second-order valence-corrected chi connectivity index (χ2v) is 5.59. The summed E-state index contributed by atoms with van der Waals surface area (Å²) in [6, 6.07) is 7.64. The van der Waals surface area contributed by atoms with Crippen LogP contribution in [0.4, 0.5) is 0 Å². The minimum atomic E-state index is -0.141. The number of aromatic nitrogens is 2. The fourth-order valence-corrected chi connectivity index (χ4v) is 2.75. The molecule has 1 aromatic heterocycles. The molecule has 0 radical (unpaired) electrons. The Kier molecular flexibility index (Phi) is 4.39. The Morgan fingerprint density at radius 3 is 2.63 bits per heavy atom. The molecular formula is C14H17N3OS. The van der Waals surface area contributed by atoms with Gasteiger partial charge in [-0.15, -0.1) is 0 Å². The molecule has 0 aliphatic rings. The Balaban J connectivity index is 2.05. The zero-order valence-corrected chi connectivity index (χ0v) is 11.8. The highest BCUT2D eigenvalue weighted by Crippen LogP contribution is 2.21. The van der Waals surface area contributed by atoms with E-state index in [1.54, 1.807) is 0 Å². The van der Waals surface area contributed by atoms with Crippen molar-refractivity contribution in [3.8, 4) is 0 Å². The van der Waals surface area contributed by atoms with Gasteiger partial charge >= 0.3 is 0 Å². The number of thioether (sulfide) groups is 1. The van der Waals surface area contributed by atoms with Gasteiger partial charge in [0.2, 0.25) is 0 Å². The largest absolute Gasteiger partial charge is 0.323 e. The quantitative estimate of drug-likeness (QED) is 0.662. The maximum absolute atomic E-state index is 11.2. The van der Waals surface area contributed by atoms with Crippen molar-refractivity contribution in [3.63, 3.8) is 0 Å². The highest BCUT2D eigenvalue weighted by molar-refractivity contribution is 7.99. The smallest absolute Gasteiger partial charge is 0.251 e. The average molecular weight is 275 g/mol. The summed E-state index contributed by atoms with van der Waals surface area (Å²) in [4.78, 5) is 17.9. The molecule has 2 rings (SSSR count). The van der Waals surface area contributed by atoms with Crippen molar-refractivity contribution in [2.45, 2.75) is 25.0 Å². The van der Waals surface area contributed by atoms with E-state index in [0.717, 1.165) is 5.56 Å². The van der Waals surface area contributed by atoms with Gasteiger partial charge in [-0.1, -0.05) is 41.1 Å². The van der Waals surface area contributed by atoms with E-state index in [4.69, 9.17) is 5.73 Å². The first-order valence-electron chi connectivity index (χ1n) is 6.06. The molecule has 0 aliphatic carbocycles. The SMILES string of the molecule is Cc1cc(C)cc(C(N)CSc2nccc(=O)[nH]2)c1. The number of H-pyrrole nitrogens is 1. The summed E-state index contributed by atoms with van der Waals surface area (Å²) < 4.78 is 0. The summed E-state index contributed by atoms with van der Waals surface area (Å²) in [5.41, 5.74) is 9.57. The van der Waals surface area contributed by atoms with Crippen LogP contribution in [0, 0.1) is 13.8 Å². The number of benzene rings is 1. The Labute approximate surface area is 116 Å². The van der Waals surface area contributed by atoms with Crippen LogP contribution in [0.15, 0.2) is 40.4 Å². The molecule has 5 heteroatoms. The van der Waals surface area contributed by atoms with Gasteiger partial charge < -0.3 is 10.7 Å². The van der Waals surface area contributed by atoms with Crippen LogP contribution in [0.1, 0.15) is 22.7 Å². The summed E-state index contributed by atoms with van der Waals surface area (Å²) in [5.74, 6) is 0.676. The van der Waals surface area contributed by atoms with E-state index in [1.165, 1.54) is 35.2 Å². The van der Waals surface area contributed by atoms with E-state index in [1.807, 2.05) is 0 Å². The summed E-state index contributed by atoms with van der Waals surface area (Å²) in [5, 5.41) is 0.604. The predicted molar refractivity (Wildman–Crippen MR) is 78.4 cm³/mol. The number of aromatic amines is 1. The lowest BCUT2D eigenvalue weighted by Crippen LogP contribution is -2.14. The topological polar surface area (TPSA) is 71.8 Å². The van der Waals surface area contributed by atoms with Crippen molar-refractivity contribution in [1.29, 1.82) is 0 Å². The molecule has 1 atom stereocenters. The molecule has 1 heterocycles. The molecule has 4 nitrogen and oxygen atoms in total. The van der Waals surface area contributed by atoms with Gasteiger partial charge in [-0.2, -0.15) is 0 Å². The van der Waals surface area contributed by atoms with E-state index in [0.29, 0.717) is 10.9 Å². The van der Waals surface area contributed by atoms with Crippen LogP contribution < -0.4 is 11.3 Å². The van der Waals surface area contributed by atoms with Gasteiger partial charge in [0.15, 0.2) is 5.16 Å². The van der Waals surface area contributed by atoms with Crippen LogP contribution in [0.25, 0.3) is 0 Å². The number of nitrogens with two attached hydrogens (primary N) is 1. The molecule has 2 aromatic rings. The molecule has 19 heavy (non-hydrogen) atoms. The van der Waals surface area contributed by atoms with Gasteiger partial charge in [0.05, 0.1) is 0 Å². The molecule has 0 fully saturated rings. The first kappa shape index (κ1) is 13.8. The maximum Gasteiger partial charge on any atom is 0.251 e. The van der Waals surface area contributed by atoms with Crippen molar-refractivity contribution in [2.24, 2.45) is 5.73 Å². The molecule has 0 amide bonds. The van der Waals surface area contributed by atoms with E-state index in [2.05, 4.69) is 42.0 Å². The van der Waals surface area contributed by atoms with E-state index < -0.39 is 0 Å². The third-order valence-corrected chi connectivity index (χ3v) is 3.73. The molecule has 0 spiro atoms. The van der Waals surface area contributed by atoms with E-state index in [-0.39, 0.29) is 11.6 Å². The number of nitrogens with one attached hydrogen (secondary N) is 1. The Morgan fingerprint density at radius 2 is 2.00 bits per heavy atom. The third-order valence-electron chi connectivity index (χ3n) is 2.72. The second-order valence-electron chi connectivity index (χ2n) is 4.58. The second kappa shape index (κ2) is 6.04. The molecule has 1 unspecified atom stereocenters. The van der Waals surface area contributed by atoms with Gasteiger partial charge in [0, 0.05) is 24.1 Å². The maximum atomic E-state index is 11.2. The molecule has 0 saturated carbocycles. The highest BCUT2D eigenvalue weighted by Gasteiger charge is 2.08. The lowest BCUT2D eigenvalue weighted by molar-refractivity contribution is 0.822. The van der Waals surface area contributed by atoms with Crippen LogP contribution in [-0.2, 0) is 0 Å². The zero-order valence-electron chi connectivity index (χ0n) is 11.0. The van der Waals surface area contributed by atoms with Gasteiger partial charge in [0.1, 0.15) is 0 Å². The molecule has 1 aromatic carbocycles. The van der Waals surface area contributed by atoms with Crippen molar-refractivity contribution in [1.82, 2.24) is 9.97 Å². The lowest BCUT2D eigenvalue weighted by atomic mass is 10.0. The van der Waals surface area contributed by atoms with Gasteiger partial charge in [-0.25, -0.2) is 4.98 Å². The first-order chi connectivity index (χ1) is 9.04. The number of hydrogen-bond donors (Lipinski definition) is 2. The van der Waals surface area contributed by atoms with Crippen molar-refractivity contribution >= 4 is 11.8 Å². The molecule has 0 aliphatic heterocycles. The minimum absolute atomic E-state index is 0.0749. The van der Waals surface area contributed by atoms with Gasteiger partial charge in [-0.05, 0) is 19.4 Å². The summed E-state index contributed by atoms with van der Waals surface area (Å²) >= 11 is 1.46. The Bertz CT molecular complexity index is 604. The van der Waals surface area contributed by atoms with Gasteiger partial charge in [-0.3, -0.25) is 4.79 Å². The van der Waals surface area contributed by atoms with Crippen LogP contribution in [0.5, 0.6) is 0 Å². The molecule has 3 N–H and O–H groups in total. The highest BCUT2D eigenvalue weighted by atomic mass is 32.2. The standard InChI is InChI=1S/C14H17N3OS/c1-9-5-10(2)7-11(6-9)12(15)8-19-14-16-4-3-13(18)17-14/h3-7,12H,8,15H2,1-2H3,(H,16,17,18). The summed E-state index contributed by atoms with van der Waals surface area (Å²) in [6.45, 7) is 4.12. The monoisotopic (exact) mass is 275 g/mol. The Morgan fingerprint density at radius 1 is 1.32 bits per heavy atom. The fraction of sp³-hybridized carbons (Fsp3) is 0.286. The lowest BCUT2D eigenvalue weighted by Gasteiger charge is -2.13. The minimum Gasteiger partial charge on any atom is -0.323 e. The van der Waals surface area contributed by atoms with Gasteiger partial charge in [0.25, 0.3) is 5.56 Å². The van der Waals surface area contributed by atoms with E-state index >= 15 is 0 Å². The van der Waals surface area contributed by atoms with Crippen molar-refractivity contribution in [3.05, 3.63) is 57.5 Å². The number of aryl methyl sites for hydroxylation is 2. The zero-order chi connectivity index (χ0) is 13.8. The van der Waals surface area contributed by atoms with Crippen LogP contribution in [0.3, 0.4) is 0 Å². The third kappa shape index (κ3) is 3.94. The van der Waals surface area contributed by atoms with Crippen LogP contribution in [0.2, 0.25) is 0 Å². The first-order valence-corrected chi connectivity index (χ1v) is 7.05. The number of rotatable bonds is 4. The van der Waals surface area contributed by atoms with Crippen LogP contribution >= 0.6 is 11.8 Å². The Hall–Kier alpha value is -1.59. The van der Waals surface area contributed by atoms with E-state index in [9.17, 15) is 4.79 Å². The predicted octanol–water partition coefficient (Wildman–Crippen LogP) is 2.18. The van der Waals surface area contributed by atoms with Crippen molar-refractivity contribution < 1.29 is 0 Å². The normalized spacial score (nSPS) is 12.4. The molecular weight excluding hydrogens is 258 g/mol. The number of hydrogen-bond acceptors (Lipinski definition) is 4.